The average Bonchev–Trinajstić information content (AvgIpc) is 2.90. The highest BCUT2D eigenvalue weighted by Crippen LogP contribution is 2.29. The van der Waals surface area contributed by atoms with Crippen LogP contribution in [0.3, 0.4) is 0 Å². The monoisotopic (exact) mass is 245 g/mol. The molecule has 0 atom stereocenters. The Morgan fingerprint density at radius 2 is 1.71 bits per heavy atom. The third-order valence-electron chi connectivity index (χ3n) is 3.06. The van der Waals surface area contributed by atoms with Gasteiger partial charge in [-0.1, -0.05) is 41.7 Å². The smallest absolute Gasteiger partial charge is 0.208 e. The van der Waals surface area contributed by atoms with E-state index in [1.54, 1.807) is 11.3 Å². The Kier molecular flexibility index (Phi) is 3.05. The van der Waals surface area contributed by atoms with Gasteiger partial charge in [0, 0.05) is 18.7 Å². The molecule has 0 spiro atoms. The number of aromatic nitrogens is 2. The van der Waals surface area contributed by atoms with Gasteiger partial charge in [-0.25, -0.2) is 0 Å². The fourth-order valence-corrected chi connectivity index (χ4v) is 3.03. The van der Waals surface area contributed by atoms with E-state index in [1.165, 1.54) is 19.3 Å². The maximum absolute atomic E-state index is 4.31. The van der Waals surface area contributed by atoms with Crippen LogP contribution in [-0.2, 0) is 0 Å². The standard InChI is InChI=1S/C13H15N3S/c1-3-7-11(8-4-1)12-14-15-13(17-12)16-9-5-2-6-10-16/h1,3-4,7-8H,2,5-6,9-10H2. The van der Waals surface area contributed by atoms with Gasteiger partial charge in [0.1, 0.15) is 5.01 Å². The van der Waals surface area contributed by atoms with E-state index in [9.17, 15) is 0 Å². The molecule has 0 unspecified atom stereocenters. The third kappa shape index (κ3) is 2.31. The van der Waals surface area contributed by atoms with Gasteiger partial charge in [-0.2, -0.15) is 0 Å². The van der Waals surface area contributed by atoms with Crippen molar-refractivity contribution in [3.8, 4) is 10.6 Å². The van der Waals surface area contributed by atoms with Crippen molar-refractivity contribution in [2.24, 2.45) is 0 Å². The number of piperidine rings is 1. The molecule has 1 aromatic heterocycles. The minimum absolute atomic E-state index is 1.02. The maximum Gasteiger partial charge on any atom is 0.208 e. The van der Waals surface area contributed by atoms with Gasteiger partial charge in [0.2, 0.25) is 5.13 Å². The summed E-state index contributed by atoms with van der Waals surface area (Å²) in [6, 6.07) is 10.3. The lowest BCUT2D eigenvalue weighted by Crippen LogP contribution is -2.29. The number of nitrogens with zero attached hydrogens (tertiary/aromatic N) is 3. The van der Waals surface area contributed by atoms with Gasteiger partial charge in [-0.3, -0.25) is 0 Å². The molecule has 0 radical (unpaired) electrons. The largest absolute Gasteiger partial charge is 0.347 e. The second-order valence-electron chi connectivity index (χ2n) is 4.30. The van der Waals surface area contributed by atoms with Gasteiger partial charge in [-0.15, -0.1) is 10.2 Å². The fraction of sp³-hybridized carbons (Fsp3) is 0.385. The summed E-state index contributed by atoms with van der Waals surface area (Å²) >= 11 is 1.70. The Bertz CT molecular complexity index is 474. The van der Waals surface area contributed by atoms with Crippen LogP contribution in [0.5, 0.6) is 0 Å². The SMILES string of the molecule is c1ccc(-c2nnc(N3CCCCC3)s2)cc1. The van der Waals surface area contributed by atoms with Crippen molar-refractivity contribution >= 4 is 16.5 Å². The molecule has 1 aliphatic heterocycles. The van der Waals surface area contributed by atoms with Crippen molar-refractivity contribution in [3.05, 3.63) is 30.3 Å². The van der Waals surface area contributed by atoms with Gasteiger partial charge >= 0.3 is 0 Å². The summed E-state index contributed by atoms with van der Waals surface area (Å²) in [7, 11) is 0. The van der Waals surface area contributed by atoms with Crippen LogP contribution in [0.4, 0.5) is 5.13 Å². The van der Waals surface area contributed by atoms with Gasteiger partial charge in [0.05, 0.1) is 0 Å². The first-order chi connectivity index (χ1) is 8.43. The highest BCUT2D eigenvalue weighted by molar-refractivity contribution is 7.18. The molecule has 0 aliphatic carbocycles. The molecule has 1 aromatic carbocycles. The normalized spacial score (nSPS) is 16.1. The first-order valence-corrected chi connectivity index (χ1v) is 6.89. The van der Waals surface area contributed by atoms with Crippen molar-refractivity contribution in [1.29, 1.82) is 0 Å². The minimum Gasteiger partial charge on any atom is -0.347 e. The number of hydrogen-bond donors (Lipinski definition) is 0. The van der Waals surface area contributed by atoms with Crippen LogP contribution in [0, 0.1) is 0 Å². The topological polar surface area (TPSA) is 29.0 Å². The molecule has 0 bridgehead atoms. The molecule has 2 heterocycles. The third-order valence-corrected chi connectivity index (χ3v) is 4.09. The maximum atomic E-state index is 4.31. The lowest BCUT2D eigenvalue weighted by molar-refractivity contribution is 0.575. The van der Waals surface area contributed by atoms with E-state index >= 15 is 0 Å². The molecule has 4 heteroatoms. The molecular formula is C13H15N3S. The van der Waals surface area contributed by atoms with Crippen molar-refractivity contribution in [1.82, 2.24) is 10.2 Å². The second kappa shape index (κ2) is 4.84. The predicted octanol–water partition coefficient (Wildman–Crippen LogP) is 3.20. The van der Waals surface area contributed by atoms with Crippen LogP contribution in [-0.4, -0.2) is 23.3 Å². The van der Waals surface area contributed by atoms with Crippen molar-refractivity contribution in [2.45, 2.75) is 19.3 Å². The second-order valence-corrected chi connectivity index (χ2v) is 5.26. The molecule has 0 N–H and O–H groups in total. The molecule has 17 heavy (non-hydrogen) atoms. The van der Waals surface area contributed by atoms with E-state index in [0.717, 1.165) is 28.8 Å². The lowest BCUT2D eigenvalue weighted by atomic mass is 10.1. The summed E-state index contributed by atoms with van der Waals surface area (Å²) in [4.78, 5) is 2.35. The van der Waals surface area contributed by atoms with Gasteiger partial charge in [0.25, 0.3) is 0 Å². The van der Waals surface area contributed by atoms with E-state index in [-0.39, 0.29) is 0 Å². The minimum atomic E-state index is 1.02. The number of hydrogen-bond acceptors (Lipinski definition) is 4. The Hall–Kier alpha value is -1.42. The van der Waals surface area contributed by atoms with E-state index in [1.807, 2.05) is 18.2 Å². The highest BCUT2D eigenvalue weighted by atomic mass is 32.1. The zero-order valence-corrected chi connectivity index (χ0v) is 10.5. The summed E-state index contributed by atoms with van der Waals surface area (Å²) in [6.45, 7) is 2.26. The number of anilines is 1. The van der Waals surface area contributed by atoms with Crippen molar-refractivity contribution < 1.29 is 0 Å². The zero-order valence-electron chi connectivity index (χ0n) is 9.67. The molecule has 0 amide bonds. The summed E-state index contributed by atoms with van der Waals surface area (Å²) in [5.74, 6) is 0. The van der Waals surface area contributed by atoms with Crippen LogP contribution in [0.25, 0.3) is 10.6 Å². The molecule has 3 nitrogen and oxygen atoms in total. The number of rotatable bonds is 2. The van der Waals surface area contributed by atoms with Crippen LogP contribution in [0.1, 0.15) is 19.3 Å². The van der Waals surface area contributed by atoms with Crippen LogP contribution in [0.2, 0.25) is 0 Å². The molecule has 1 fully saturated rings. The van der Waals surface area contributed by atoms with E-state index < -0.39 is 0 Å². The Labute approximate surface area is 105 Å². The molecule has 2 aromatic rings. The Balaban J connectivity index is 1.83. The average molecular weight is 245 g/mol. The van der Waals surface area contributed by atoms with Gasteiger partial charge in [0.15, 0.2) is 0 Å². The first kappa shape index (κ1) is 10.7. The summed E-state index contributed by atoms with van der Waals surface area (Å²) in [6.07, 6.45) is 3.90. The first-order valence-electron chi connectivity index (χ1n) is 6.07. The summed E-state index contributed by atoms with van der Waals surface area (Å²) in [5.41, 5.74) is 1.16. The number of benzene rings is 1. The molecule has 1 saturated heterocycles. The van der Waals surface area contributed by atoms with Crippen LogP contribution >= 0.6 is 11.3 Å². The Morgan fingerprint density at radius 1 is 0.941 bits per heavy atom. The van der Waals surface area contributed by atoms with Gasteiger partial charge in [-0.05, 0) is 19.3 Å². The highest BCUT2D eigenvalue weighted by Gasteiger charge is 2.15. The molecule has 0 saturated carbocycles. The van der Waals surface area contributed by atoms with Gasteiger partial charge < -0.3 is 4.90 Å². The summed E-state index contributed by atoms with van der Waals surface area (Å²) in [5, 5.41) is 10.7. The van der Waals surface area contributed by atoms with Crippen LogP contribution in [0.15, 0.2) is 30.3 Å². The van der Waals surface area contributed by atoms with E-state index in [0.29, 0.717) is 0 Å². The zero-order chi connectivity index (χ0) is 11.5. The fourth-order valence-electron chi connectivity index (χ4n) is 2.13. The molecular weight excluding hydrogens is 230 g/mol. The van der Waals surface area contributed by atoms with Crippen molar-refractivity contribution in [3.63, 3.8) is 0 Å². The molecule has 1 aliphatic rings. The molecule has 88 valence electrons. The lowest BCUT2D eigenvalue weighted by Gasteiger charge is -2.25. The van der Waals surface area contributed by atoms with Crippen LogP contribution < -0.4 is 4.90 Å². The quantitative estimate of drug-likeness (QED) is 0.813. The summed E-state index contributed by atoms with van der Waals surface area (Å²) < 4.78 is 0. The predicted molar refractivity (Wildman–Crippen MR) is 71.4 cm³/mol. The van der Waals surface area contributed by atoms with E-state index in [2.05, 4.69) is 27.2 Å². The molecule has 3 rings (SSSR count). The van der Waals surface area contributed by atoms with Crippen molar-refractivity contribution in [2.75, 3.05) is 18.0 Å². The van der Waals surface area contributed by atoms with E-state index in [4.69, 9.17) is 0 Å². The Morgan fingerprint density at radius 3 is 2.47 bits per heavy atom.